The van der Waals surface area contributed by atoms with Crippen molar-refractivity contribution in [3.05, 3.63) is 72.1 Å². The molecule has 0 fully saturated rings. The summed E-state index contributed by atoms with van der Waals surface area (Å²) in [6.45, 7) is -0.0291. The minimum Gasteiger partial charge on any atom is -0.489 e. The van der Waals surface area contributed by atoms with Crippen LogP contribution in [0, 0.1) is 0 Å². The van der Waals surface area contributed by atoms with Gasteiger partial charge in [0.15, 0.2) is 0 Å². The van der Waals surface area contributed by atoms with Crippen molar-refractivity contribution in [2.75, 3.05) is 18.6 Å². The Morgan fingerprint density at radius 1 is 1.16 bits per heavy atom. The first-order chi connectivity index (χ1) is 15.6. The van der Waals surface area contributed by atoms with Gasteiger partial charge in [0, 0.05) is 31.9 Å². The van der Waals surface area contributed by atoms with E-state index in [4.69, 9.17) is 4.74 Å². The highest BCUT2D eigenvalue weighted by molar-refractivity contribution is 6.03. The maximum absolute atomic E-state index is 13.0. The number of rotatable bonds is 4. The lowest BCUT2D eigenvalue weighted by molar-refractivity contribution is -0.120. The minimum absolute atomic E-state index is 0.0291. The predicted octanol–water partition coefficient (Wildman–Crippen LogP) is 1.49. The summed E-state index contributed by atoms with van der Waals surface area (Å²) in [4.78, 5) is 38.6. The van der Waals surface area contributed by atoms with Crippen molar-refractivity contribution in [2.24, 2.45) is 0 Å². The van der Waals surface area contributed by atoms with Gasteiger partial charge in [-0.2, -0.15) is 0 Å². The summed E-state index contributed by atoms with van der Waals surface area (Å²) in [6, 6.07) is 12.3. The highest BCUT2D eigenvalue weighted by atomic mass is 16.5. The Morgan fingerprint density at radius 3 is 2.69 bits per heavy atom. The summed E-state index contributed by atoms with van der Waals surface area (Å²) in [7, 11) is 1.63. The fraction of sp³-hybridized carbons (Fsp3) is 0.182. The topological polar surface area (TPSA) is 126 Å². The molecule has 1 aliphatic heterocycles. The number of anilines is 1. The van der Waals surface area contributed by atoms with Crippen LogP contribution in [0.1, 0.15) is 22.0 Å². The number of ether oxygens (including phenoxy) is 1. The zero-order valence-corrected chi connectivity index (χ0v) is 17.1. The average molecular weight is 429 g/mol. The van der Waals surface area contributed by atoms with E-state index >= 15 is 0 Å². The molecule has 10 nitrogen and oxygen atoms in total. The molecule has 3 heterocycles. The van der Waals surface area contributed by atoms with Crippen LogP contribution in [-0.4, -0.2) is 56.7 Å². The molecule has 5 rings (SSSR count). The van der Waals surface area contributed by atoms with E-state index in [1.165, 1.54) is 4.90 Å². The van der Waals surface area contributed by atoms with Gasteiger partial charge in [-0.15, -0.1) is 10.2 Å². The van der Waals surface area contributed by atoms with E-state index in [0.717, 1.165) is 5.56 Å². The highest BCUT2D eigenvalue weighted by Gasteiger charge is 2.32. The molecule has 10 heteroatoms. The number of fused-ring (bicyclic) bond motifs is 2. The van der Waals surface area contributed by atoms with E-state index in [-0.39, 0.29) is 18.3 Å². The van der Waals surface area contributed by atoms with Gasteiger partial charge in [0.05, 0.1) is 16.7 Å². The van der Waals surface area contributed by atoms with Crippen molar-refractivity contribution in [3.8, 4) is 5.75 Å². The molecule has 1 atom stereocenters. The Bertz CT molecular complexity index is 1310. The monoisotopic (exact) mass is 429 g/mol. The van der Waals surface area contributed by atoms with E-state index < -0.39 is 11.9 Å². The lowest BCUT2D eigenvalue weighted by atomic mass is 10.1. The number of H-pyrrole nitrogens is 1. The normalized spacial score (nSPS) is 15.7. The van der Waals surface area contributed by atoms with Crippen LogP contribution in [0.3, 0.4) is 0 Å². The number of hydrogen-bond acceptors (Lipinski definition) is 7. The number of nitrogens with zero attached hydrogens (tertiary/aromatic N) is 5. The Labute approximate surface area is 182 Å². The smallest absolute Gasteiger partial charge is 0.289 e. The molecule has 160 valence electrons. The van der Waals surface area contributed by atoms with Gasteiger partial charge in [-0.25, -0.2) is 0 Å². The standard InChI is InChI=1S/C22H19N7O3/c1-29-17-10-14-15(24-8-7-23-14)11-18(17)32-12-16(22(29)31)25-21(30)20-26-19(27-28-20)9-13-5-3-2-4-6-13/h2-8,10-11,16H,9,12H2,1H3,(H,25,30)(H,26,27,28)/t16-/m0/s1. The number of aromatic nitrogens is 5. The first kappa shape index (κ1) is 19.6. The van der Waals surface area contributed by atoms with Gasteiger partial charge in [-0.05, 0) is 11.6 Å². The number of carbonyl (C=O) groups excluding carboxylic acids is 2. The van der Waals surface area contributed by atoms with Crippen LogP contribution in [0.5, 0.6) is 5.75 Å². The van der Waals surface area contributed by atoms with Crippen molar-refractivity contribution < 1.29 is 14.3 Å². The molecule has 0 aliphatic carbocycles. The molecule has 0 unspecified atom stereocenters. The van der Waals surface area contributed by atoms with Crippen molar-refractivity contribution in [2.45, 2.75) is 12.5 Å². The van der Waals surface area contributed by atoms with Crippen LogP contribution < -0.4 is 15.0 Å². The molecular weight excluding hydrogens is 410 g/mol. The van der Waals surface area contributed by atoms with Gasteiger partial charge in [-0.3, -0.25) is 19.6 Å². The number of hydrogen-bond donors (Lipinski definition) is 2. The number of benzene rings is 2. The van der Waals surface area contributed by atoms with Gasteiger partial charge in [0.1, 0.15) is 24.2 Å². The van der Waals surface area contributed by atoms with Crippen LogP contribution in [0.4, 0.5) is 5.69 Å². The van der Waals surface area contributed by atoms with Crippen molar-refractivity contribution in [1.82, 2.24) is 30.5 Å². The fourth-order valence-electron chi connectivity index (χ4n) is 3.55. The SMILES string of the molecule is CN1C(=O)[C@@H](NC(=O)c2nnc(Cc3ccccc3)[nH]2)COc2cc3nccnc3cc21. The third kappa shape index (κ3) is 3.73. The van der Waals surface area contributed by atoms with Gasteiger partial charge < -0.3 is 19.9 Å². The zero-order chi connectivity index (χ0) is 22.1. The highest BCUT2D eigenvalue weighted by Crippen LogP contribution is 2.33. The van der Waals surface area contributed by atoms with Gasteiger partial charge in [-0.1, -0.05) is 30.3 Å². The third-order valence-corrected chi connectivity index (χ3v) is 5.21. The Kier molecular flexibility index (Phi) is 4.94. The number of nitrogens with one attached hydrogen (secondary N) is 2. The first-order valence-electron chi connectivity index (χ1n) is 10.00. The summed E-state index contributed by atoms with van der Waals surface area (Å²) < 4.78 is 5.84. The van der Waals surface area contributed by atoms with E-state index in [9.17, 15) is 9.59 Å². The zero-order valence-electron chi connectivity index (χ0n) is 17.1. The molecule has 2 aromatic carbocycles. The average Bonchev–Trinajstić information content (AvgIpc) is 3.25. The maximum atomic E-state index is 13.0. The largest absolute Gasteiger partial charge is 0.489 e. The summed E-state index contributed by atoms with van der Waals surface area (Å²) in [5, 5.41) is 10.6. The Morgan fingerprint density at radius 2 is 1.91 bits per heavy atom. The van der Waals surface area contributed by atoms with Crippen molar-refractivity contribution in [1.29, 1.82) is 0 Å². The molecule has 0 radical (unpaired) electrons. The summed E-state index contributed by atoms with van der Waals surface area (Å²) >= 11 is 0. The molecule has 2 N–H and O–H groups in total. The molecule has 0 saturated carbocycles. The lowest BCUT2D eigenvalue weighted by Crippen LogP contribution is -2.49. The van der Waals surface area contributed by atoms with Gasteiger partial charge >= 0.3 is 0 Å². The summed E-state index contributed by atoms with van der Waals surface area (Å²) in [5.74, 6) is 0.236. The van der Waals surface area contributed by atoms with Crippen molar-refractivity contribution in [3.63, 3.8) is 0 Å². The Hall–Kier alpha value is -4.34. The molecule has 0 bridgehead atoms. The van der Waals surface area contributed by atoms with E-state index in [1.807, 2.05) is 30.3 Å². The maximum Gasteiger partial charge on any atom is 0.289 e. The quantitative estimate of drug-likeness (QED) is 0.503. The first-order valence-corrected chi connectivity index (χ1v) is 10.00. The van der Waals surface area contributed by atoms with Gasteiger partial charge in [0.25, 0.3) is 11.8 Å². The number of aromatic amines is 1. The third-order valence-electron chi connectivity index (χ3n) is 5.21. The molecule has 2 aromatic heterocycles. The molecule has 1 aliphatic rings. The fourth-order valence-corrected chi connectivity index (χ4v) is 3.55. The van der Waals surface area contributed by atoms with Gasteiger partial charge in [0.2, 0.25) is 5.82 Å². The van der Waals surface area contributed by atoms with Crippen LogP contribution in [0.2, 0.25) is 0 Å². The van der Waals surface area contributed by atoms with Crippen molar-refractivity contribution >= 4 is 28.5 Å². The van der Waals surface area contributed by atoms with Crippen LogP contribution in [-0.2, 0) is 11.2 Å². The lowest BCUT2D eigenvalue weighted by Gasteiger charge is -2.20. The molecule has 0 spiro atoms. The predicted molar refractivity (Wildman–Crippen MR) is 115 cm³/mol. The number of likely N-dealkylation sites (N-methyl/N-ethyl adjacent to an activating group) is 1. The summed E-state index contributed by atoms with van der Waals surface area (Å²) in [5.41, 5.74) is 2.90. The number of amides is 2. The second-order valence-electron chi connectivity index (χ2n) is 7.38. The van der Waals surface area contributed by atoms with Crippen LogP contribution >= 0.6 is 0 Å². The number of carbonyl (C=O) groups is 2. The second-order valence-corrected chi connectivity index (χ2v) is 7.38. The van der Waals surface area contributed by atoms with Crippen LogP contribution in [0.25, 0.3) is 11.0 Å². The molecule has 2 amide bonds. The Balaban J connectivity index is 1.32. The minimum atomic E-state index is -0.897. The summed E-state index contributed by atoms with van der Waals surface area (Å²) in [6.07, 6.45) is 3.69. The van der Waals surface area contributed by atoms with E-state index in [2.05, 4.69) is 30.5 Å². The van der Waals surface area contributed by atoms with Crippen LogP contribution in [0.15, 0.2) is 54.9 Å². The molecule has 0 saturated heterocycles. The molecule has 4 aromatic rings. The van der Waals surface area contributed by atoms with E-state index in [0.29, 0.717) is 34.7 Å². The molecule has 32 heavy (non-hydrogen) atoms. The van der Waals surface area contributed by atoms with E-state index in [1.54, 1.807) is 31.6 Å². The molecular formula is C22H19N7O3. The second kappa shape index (κ2) is 8.06.